The molecule has 0 spiro atoms. The molecule has 106 valence electrons. The molecule has 0 atom stereocenters. The fraction of sp³-hybridized carbons (Fsp3) is 0.615. The molecule has 1 aromatic heterocycles. The Hall–Kier alpha value is -1.46. The maximum Gasteiger partial charge on any atom is 0.433 e. The van der Waals surface area contributed by atoms with Gasteiger partial charge in [0.15, 0.2) is 0 Å². The lowest BCUT2D eigenvalue weighted by atomic mass is 9.83. The number of rotatable bonds is 2. The van der Waals surface area contributed by atoms with Gasteiger partial charge in [-0.15, -0.1) is 0 Å². The normalized spacial score (nSPS) is 19.2. The summed E-state index contributed by atoms with van der Waals surface area (Å²) in [5.41, 5.74) is 5.19. The lowest BCUT2D eigenvalue weighted by Crippen LogP contribution is -2.37. The summed E-state index contributed by atoms with van der Waals surface area (Å²) in [5, 5.41) is 3.17. The van der Waals surface area contributed by atoms with Crippen molar-refractivity contribution >= 4 is 11.4 Å². The molecule has 1 heterocycles. The van der Waals surface area contributed by atoms with Crippen molar-refractivity contribution in [3.8, 4) is 0 Å². The van der Waals surface area contributed by atoms with E-state index < -0.39 is 11.9 Å². The topological polar surface area (TPSA) is 50.9 Å². The molecule has 0 aromatic carbocycles. The summed E-state index contributed by atoms with van der Waals surface area (Å²) in [6.45, 7) is 2.03. The molecule has 1 saturated carbocycles. The lowest BCUT2D eigenvalue weighted by molar-refractivity contribution is -0.141. The first-order chi connectivity index (χ1) is 8.80. The molecule has 0 bridgehead atoms. The van der Waals surface area contributed by atoms with Crippen molar-refractivity contribution in [1.29, 1.82) is 0 Å². The van der Waals surface area contributed by atoms with Crippen LogP contribution in [-0.2, 0) is 6.18 Å². The van der Waals surface area contributed by atoms with Crippen LogP contribution >= 0.6 is 0 Å². The molecule has 3 N–H and O–H groups in total. The first-order valence-corrected chi connectivity index (χ1v) is 6.41. The Morgan fingerprint density at radius 2 is 1.89 bits per heavy atom. The van der Waals surface area contributed by atoms with E-state index in [2.05, 4.69) is 10.3 Å². The van der Waals surface area contributed by atoms with Crippen LogP contribution in [0.1, 0.15) is 44.7 Å². The Morgan fingerprint density at radius 1 is 1.26 bits per heavy atom. The summed E-state index contributed by atoms with van der Waals surface area (Å²) in [7, 11) is 0. The molecule has 6 heteroatoms. The zero-order valence-electron chi connectivity index (χ0n) is 10.8. The van der Waals surface area contributed by atoms with Gasteiger partial charge >= 0.3 is 6.18 Å². The van der Waals surface area contributed by atoms with Gasteiger partial charge in [0.25, 0.3) is 0 Å². The van der Waals surface area contributed by atoms with Crippen molar-refractivity contribution < 1.29 is 13.2 Å². The summed E-state index contributed by atoms with van der Waals surface area (Å²) >= 11 is 0. The predicted octanol–water partition coefficient (Wildman–Crippen LogP) is 3.82. The van der Waals surface area contributed by atoms with Crippen LogP contribution in [0.3, 0.4) is 0 Å². The van der Waals surface area contributed by atoms with Crippen LogP contribution in [0.25, 0.3) is 0 Å². The molecule has 3 nitrogen and oxygen atoms in total. The quantitative estimate of drug-likeness (QED) is 0.861. The third-order valence-corrected chi connectivity index (χ3v) is 3.62. The second kappa shape index (κ2) is 4.90. The van der Waals surface area contributed by atoms with Crippen LogP contribution < -0.4 is 11.1 Å². The number of nitrogens with zero attached hydrogens (tertiary/aromatic N) is 1. The predicted molar refractivity (Wildman–Crippen MR) is 68.8 cm³/mol. The van der Waals surface area contributed by atoms with Gasteiger partial charge in [-0.05, 0) is 25.8 Å². The molecule has 1 fully saturated rings. The van der Waals surface area contributed by atoms with Gasteiger partial charge in [-0.1, -0.05) is 19.3 Å². The van der Waals surface area contributed by atoms with E-state index in [0.29, 0.717) is 5.69 Å². The number of nitrogens with one attached hydrogen (secondary N) is 1. The first kappa shape index (κ1) is 14.0. The maximum absolute atomic E-state index is 12.6. The van der Waals surface area contributed by atoms with Crippen molar-refractivity contribution in [1.82, 2.24) is 4.98 Å². The van der Waals surface area contributed by atoms with Gasteiger partial charge in [0.05, 0.1) is 17.6 Å². The molecule has 19 heavy (non-hydrogen) atoms. The van der Waals surface area contributed by atoms with E-state index in [9.17, 15) is 13.2 Å². The molecule has 0 radical (unpaired) electrons. The van der Waals surface area contributed by atoms with Gasteiger partial charge in [0.2, 0.25) is 0 Å². The third-order valence-electron chi connectivity index (χ3n) is 3.62. The van der Waals surface area contributed by atoms with Crippen molar-refractivity contribution in [2.45, 2.75) is 50.7 Å². The molecule has 1 aromatic rings. The van der Waals surface area contributed by atoms with Crippen LogP contribution in [-0.4, -0.2) is 10.5 Å². The Labute approximate surface area is 110 Å². The number of nitrogen functional groups attached to an aromatic ring is 1. The smallest absolute Gasteiger partial charge is 0.396 e. The summed E-state index contributed by atoms with van der Waals surface area (Å²) in [5.74, 6) is 0. The molecule has 0 aliphatic heterocycles. The van der Waals surface area contributed by atoms with E-state index in [1.807, 2.05) is 6.92 Å². The fourth-order valence-electron chi connectivity index (χ4n) is 2.51. The SMILES string of the molecule is CC1(Nc2cc(C(F)(F)F)ncc2N)CCCCC1. The molecular weight excluding hydrogens is 255 g/mol. The summed E-state index contributed by atoms with van der Waals surface area (Å²) < 4.78 is 37.9. The average Bonchev–Trinajstić information content (AvgIpc) is 2.31. The first-order valence-electron chi connectivity index (χ1n) is 6.41. The zero-order chi connectivity index (χ0) is 14.1. The van der Waals surface area contributed by atoms with Gasteiger partial charge in [-0.25, -0.2) is 4.98 Å². The highest BCUT2D eigenvalue weighted by molar-refractivity contribution is 5.66. The van der Waals surface area contributed by atoms with Crippen LogP contribution in [0.4, 0.5) is 24.5 Å². The van der Waals surface area contributed by atoms with E-state index in [1.165, 1.54) is 6.42 Å². The lowest BCUT2D eigenvalue weighted by Gasteiger charge is -2.36. The number of anilines is 2. The Morgan fingerprint density at radius 3 is 2.47 bits per heavy atom. The minimum atomic E-state index is -4.45. The monoisotopic (exact) mass is 273 g/mol. The van der Waals surface area contributed by atoms with Gasteiger partial charge in [0.1, 0.15) is 5.69 Å². The molecule has 0 amide bonds. The van der Waals surface area contributed by atoms with Crippen LogP contribution in [0.2, 0.25) is 0 Å². The number of hydrogen-bond donors (Lipinski definition) is 2. The minimum Gasteiger partial charge on any atom is -0.396 e. The minimum absolute atomic E-state index is 0.184. The van der Waals surface area contributed by atoms with E-state index in [-0.39, 0.29) is 11.2 Å². The van der Waals surface area contributed by atoms with E-state index in [0.717, 1.165) is 37.9 Å². The van der Waals surface area contributed by atoms with Crippen molar-refractivity contribution in [3.05, 3.63) is 18.0 Å². The fourth-order valence-corrected chi connectivity index (χ4v) is 2.51. The zero-order valence-corrected chi connectivity index (χ0v) is 10.8. The van der Waals surface area contributed by atoms with E-state index in [1.54, 1.807) is 0 Å². The van der Waals surface area contributed by atoms with Crippen molar-refractivity contribution in [2.24, 2.45) is 0 Å². The molecule has 2 rings (SSSR count). The Kier molecular flexibility index (Phi) is 3.60. The molecule has 0 unspecified atom stereocenters. The highest BCUT2D eigenvalue weighted by Gasteiger charge is 2.34. The van der Waals surface area contributed by atoms with Gasteiger partial charge in [-0.2, -0.15) is 13.2 Å². The molecule has 1 aliphatic carbocycles. The van der Waals surface area contributed by atoms with E-state index in [4.69, 9.17) is 5.73 Å². The van der Waals surface area contributed by atoms with Crippen molar-refractivity contribution in [3.63, 3.8) is 0 Å². The van der Waals surface area contributed by atoms with E-state index >= 15 is 0 Å². The molecular formula is C13H18F3N3. The molecule has 1 aliphatic rings. The number of hydrogen-bond acceptors (Lipinski definition) is 3. The van der Waals surface area contributed by atoms with Crippen LogP contribution in [0.15, 0.2) is 12.3 Å². The second-order valence-electron chi connectivity index (χ2n) is 5.40. The second-order valence-corrected chi connectivity index (χ2v) is 5.40. The summed E-state index contributed by atoms with van der Waals surface area (Å²) in [6, 6.07) is 0.995. The Balaban J connectivity index is 2.24. The number of pyridine rings is 1. The third kappa shape index (κ3) is 3.30. The van der Waals surface area contributed by atoms with Gasteiger partial charge < -0.3 is 11.1 Å². The van der Waals surface area contributed by atoms with Gasteiger partial charge in [0, 0.05) is 5.54 Å². The van der Waals surface area contributed by atoms with Crippen LogP contribution in [0.5, 0.6) is 0 Å². The Bertz CT molecular complexity index is 451. The average molecular weight is 273 g/mol. The standard InChI is InChI=1S/C13H18F3N3/c1-12(5-3-2-4-6-12)19-10-7-11(13(14,15)16)18-8-9(10)17/h7-8H,2-6,17H2,1H3,(H,18,19). The van der Waals surface area contributed by atoms with Crippen molar-refractivity contribution in [2.75, 3.05) is 11.1 Å². The maximum atomic E-state index is 12.6. The number of nitrogens with two attached hydrogens (primary N) is 1. The van der Waals surface area contributed by atoms with Crippen LogP contribution in [0, 0.1) is 0 Å². The summed E-state index contributed by atoms with van der Waals surface area (Å²) in [6.07, 6.45) is 1.85. The number of halogens is 3. The molecule has 0 saturated heterocycles. The number of alkyl halides is 3. The largest absolute Gasteiger partial charge is 0.433 e. The summed E-state index contributed by atoms with van der Waals surface area (Å²) in [4.78, 5) is 3.34. The highest BCUT2D eigenvalue weighted by atomic mass is 19.4. The highest BCUT2D eigenvalue weighted by Crippen LogP contribution is 2.35. The van der Waals surface area contributed by atoms with Gasteiger partial charge in [-0.3, -0.25) is 0 Å². The number of aromatic nitrogens is 1.